The first-order chi connectivity index (χ1) is 7.84. The van der Waals surface area contributed by atoms with Gasteiger partial charge in [-0.2, -0.15) is 0 Å². The Morgan fingerprint density at radius 2 is 2.19 bits per heavy atom. The molecule has 16 heavy (non-hydrogen) atoms. The average molecular weight is 217 g/mol. The highest BCUT2D eigenvalue weighted by atomic mass is 15.2. The average Bonchev–Trinajstić information content (AvgIpc) is 3.18. The van der Waals surface area contributed by atoms with E-state index in [0.717, 1.165) is 18.6 Å². The molecule has 0 atom stereocenters. The fourth-order valence-corrected chi connectivity index (χ4v) is 2.08. The molecule has 2 aliphatic carbocycles. The lowest BCUT2D eigenvalue weighted by molar-refractivity contribution is 0.684. The van der Waals surface area contributed by atoms with Crippen LogP contribution < -0.4 is 10.2 Å². The largest absolute Gasteiger partial charge is 0.370 e. The lowest BCUT2D eigenvalue weighted by atomic mass is 10.2. The molecule has 3 nitrogen and oxygen atoms in total. The van der Waals surface area contributed by atoms with Crippen molar-refractivity contribution in [3.63, 3.8) is 0 Å². The quantitative estimate of drug-likeness (QED) is 0.817. The zero-order valence-corrected chi connectivity index (χ0v) is 9.82. The van der Waals surface area contributed by atoms with Gasteiger partial charge in [0.25, 0.3) is 0 Å². The number of rotatable bonds is 5. The summed E-state index contributed by atoms with van der Waals surface area (Å²) >= 11 is 0. The summed E-state index contributed by atoms with van der Waals surface area (Å²) in [6, 6.07) is 3.67. The molecule has 1 heterocycles. The number of hydrogen-bond acceptors (Lipinski definition) is 3. The summed E-state index contributed by atoms with van der Waals surface area (Å²) in [4.78, 5) is 6.64. The molecule has 1 aromatic heterocycles. The number of nitrogens with one attached hydrogen (secondary N) is 1. The molecular weight excluding hydrogens is 198 g/mol. The maximum atomic E-state index is 4.25. The molecule has 0 radical (unpaired) electrons. The highest BCUT2D eigenvalue weighted by Crippen LogP contribution is 2.31. The van der Waals surface area contributed by atoms with Crippen LogP contribution in [0.5, 0.6) is 0 Å². The van der Waals surface area contributed by atoms with Crippen molar-refractivity contribution in [2.75, 3.05) is 11.9 Å². The van der Waals surface area contributed by atoms with E-state index >= 15 is 0 Å². The van der Waals surface area contributed by atoms with Crippen LogP contribution in [0.4, 0.5) is 5.69 Å². The van der Waals surface area contributed by atoms with Crippen LogP contribution in [0.1, 0.15) is 31.2 Å². The Bertz CT molecular complexity index is 369. The third-order valence-electron chi connectivity index (χ3n) is 3.52. The van der Waals surface area contributed by atoms with Gasteiger partial charge in [0, 0.05) is 31.9 Å². The number of nitrogens with zero attached hydrogens (tertiary/aromatic N) is 2. The lowest BCUT2D eigenvalue weighted by Crippen LogP contribution is -2.23. The van der Waals surface area contributed by atoms with E-state index in [0.29, 0.717) is 0 Å². The van der Waals surface area contributed by atoms with Crippen molar-refractivity contribution in [2.45, 2.75) is 44.3 Å². The van der Waals surface area contributed by atoms with Crippen LogP contribution in [0.2, 0.25) is 0 Å². The number of pyridine rings is 1. The Labute approximate surface area is 96.9 Å². The first-order valence-corrected chi connectivity index (χ1v) is 6.23. The summed E-state index contributed by atoms with van der Waals surface area (Å²) < 4.78 is 0. The first-order valence-electron chi connectivity index (χ1n) is 6.23. The minimum atomic E-state index is 0.754. The Kier molecular flexibility index (Phi) is 2.56. The van der Waals surface area contributed by atoms with E-state index in [2.05, 4.69) is 28.3 Å². The predicted octanol–water partition coefficient (Wildman–Crippen LogP) is 1.93. The zero-order chi connectivity index (χ0) is 11.0. The highest BCUT2D eigenvalue weighted by molar-refractivity contribution is 5.52. The molecule has 0 unspecified atom stereocenters. The molecule has 1 N–H and O–H groups in total. The monoisotopic (exact) mass is 217 g/mol. The molecule has 0 saturated heterocycles. The van der Waals surface area contributed by atoms with Gasteiger partial charge in [0.15, 0.2) is 0 Å². The van der Waals surface area contributed by atoms with Crippen molar-refractivity contribution < 1.29 is 0 Å². The summed E-state index contributed by atoms with van der Waals surface area (Å²) in [5, 5.41) is 3.57. The topological polar surface area (TPSA) is 28.2 Å². The first kappa shape index (κ1) is 10.1. The van der Waals surface area contributed by atoms with E-state index in [-0.39, 0.29) is 0 Å². The molecule has 1 aromatic rings. The standard InChI is InChI=1S/C13H19N3/c1-16(12-4-5-12)13-9-14-7-6-10(13)8-15-11-2-3-11/h6-7,9,11-12,15H,2-5,8H2,1H3. The van der Waals surface area contributed by atoms with E-state index in [9.17, 15) is 0 Å². The third-order valence-corrected chi connectivity index (χ3v) is 3.52. The maximum Gasteiger partial charge on any atom is 0.0598 e. The second kappa shape index (κ2) is 4.06. The molecule has 86 valence electrons. The van der Waals surface area contributed by atoms with Crippen LogP contribution in [0.25, 0.3) is 0 Å². The van der Waals surface area contributed by atoms with Gasteiger partial charge in [-0.15, -0.1) is 0 Å². The second-order valence-corrected chi connectivity index (χ2v) is 5.00. The van der Waals surface area contributed by atoms with Crippen LogP contribution in [0.3, 0.4) is 0 Å². The summed E-state index contributed by atoms with van der Waals surface area (Å²) in [6.07, 6.45) is 9.26. The smallest absolute Gasteiger partial charge is 0.0598 e. The van der Waals surface area contributed by atoms with E-state index in [1.165, 1.54) is 36.9 Å². The van der Waals surface area contributed by atoms with E-state index in [1.54, 1.807) is 0 Å². The molecule has 2 fully saturated rings. The van der Waals surface area contributed by atoms with Gasteiger partial charge in [0.05, 0.1) is 11.9 Å². The van der Waals surface area contributed by atoms with Crippen molar-refractivity contribution in [3.05, 3.63) is 24.0 Å². The molecule has 0 aromatic carbocycles. The van der Waals surface area contributed by atoms with Crippen LogP contribution in [0.15, 0.2) is 18.5 Å². The minimum absolute atomic E-state index is 0.754. The van der Waals surface area contributed by atoms with Crippen LogP contribution in [0, 0.1) is 0 Å². The van der Waals surface area contributed by atoms with Gasteiger partial charge < -0.3 is 10.2 Å². The van der Waals surface area contributed by atoms with Crippen molar-refractivity contribution in [3.8, 4) is 0 Å². The fraction of sp³-hybridized carbons (Fsp3) is 0.615. The predicted molar refractivity (Wildman–Crippen MR) is 65.5 cm³/mol. The molecule has 0 bridgehead atoms. The van der Waals surface area contributed by atoms with Gasteiger partial charge >= 0.3 is 0 Å². The molecule has 2 aliphatic rings. The van der Waals surface area contributed by atoms with Gasteiger partial charge in [-0.1, -0.05) is 0 Å². The molecule has 3 heteroatoms. The van der Waals surface area contributed by atoms with E-state index in [4.69, 9.17) is 0 Å². The maximum absolute atomic E-state index is 4.25. The summed E-state index contributed by atoms with van der Waals surface area (Å²) in [5.41, 5.74) is 2.69. The molecule has 3 rings (SSSR count). The Hall–Kier alpha value is -1.09. The van der Waals surface area contributed by atoms with Gasteiger partial charge in [-0.05, 0) is 37.3 Å². The number of hydrogen-bond donors (Lipinski definition) is 1. The van der Waals surface area contributed by atoms with Crippen molar-refractivity contribution in [2.24, 2.45) is 0 Å². The fourth-order valence-electron chi connectivity index (χ4n) is 2.08. The van der Waals surface area contributed by atoms with E-state index < -0.39 is 0 Å². The van der Waals surface area contributed by atoms with Crippen molar-refractivity contribution in [1.29, 1.82) is 0 Å². The van der Waals surface area contributed by atoms with Gasteiger partial charge in [0.2, 0.25) is 0 Å². The van der Waals surface area contributed by atoms with Gasteiger partial charge in [0.1, 0.15) is 0 Å². The number of anilines is 1. The molecular formula is C13H19N3. The summed E-state index contributed by atoms with van der Waals surface area (Å²) in [7, 11) is 2.19. The van der Waals surface area contributed by atoms with Crippen molar-refractivity contribution in [1.82, 2.24) is 10.3 Å². The van der Waals surface area contributed by atoms with Crippen LogP contribution >= 0.6 is 0 Å². The third kappa shape index (κ3) is 2.19. The summed E-state index contributed by atoms with van der Waals surface area (Å²) in [6.45, 7) is 0.986. The second-order valence-electron chi connectivity index (χ2n) is 5.00. The molecule has 0 aliphatic heterocycles. The van der Waals surface area contributed by atoms with E-state index in [1.807, 2.05) is 12.4 Å². The Balaban J connectivity index is 1.73. The normalized spacial score (nSPS) is 19.8. The van der Waals surface area contributed by atoms with Crippen molar-refractivity contribution >= 4 is 5.69 Å². The SMILES string of the molecule is CN(c1cnccc1CNC1CC1)C1CC1. The highest BCUT2D eigenvalue weighted by Gasteiger charge is 2.28. The van der Waals surface area contributed by atoms with Crippen LogP contribution in [-0.4, -0.2) is 24.1 Å². The van der Waals surface area contributed by atoms with Crippen LogP contribution in [-0.2, 0) is 6.54 Å². The Morgan fingerprint density at radius 3 is 2.88 bits per heavy atom. The Morgan fingerprint density at radius 1 is 1.38 bits per heavy atom. The molecule has 2 saturated carbocycles. The minimum Gasteiger partial charge on any atom is -0.370 e. The number of aromatic nitrogens is 1. The molecule has 0 spiro atoms. The zero-order valence-electron chi connectivity index (χ0n) is 9.82. The lowest BCUT2D eigenvalue weighted by Gasteiger charge is -2.21. The molecule has 0 amide bonds. The van der Waals surface area contributed by atoms with Gasteiger partial charge in [-0.25, -0.2) is 0 Å². The summed E-state index contributed by atoms with van der Waals surface area (Å²) in [5.74, 6) is 0. The van der Waals surface area contributed by atoms with Gasteiger partial charge in [-0.3, -0.25) is 4.98 Å².